The molecule has 0 radical (unpaired) electrons. The van der Waals surface area contributed by atoms with Gasteiger partial charge in [0.1, 0.15) is 0 Å². The normalized spacial score (nSPS) is 31.6. The Labute approximate surface area is 109 Å². The van der Waals surface area contributed by atoms with Crippen molar-refractivity contribution in [2.45, 2.75) is 44.1 Å². The summed E-state index contributed by atoms with van der Waals surface area (Å²) in [5, 5.41) is 0.798. The van der Waals surface area contributed by atoms with Gasteiger partial charge in [-0.1, -0.05) is 6.92 Å². The van der Waals surface area contributed by atoms with Gasteiger partial charge in [-0.3, -0.25) is 0 Å². The van der Waals surface area contributed by atoms with Crippen LogP contribution in [-0.4, -0.2) is 55.0 Å². The first-order valence-electron chi connectivity index (χ1n) is 6.92. The van der Waals surface area contributed by atoms with E-state index in [9.17, 15) is 0 Å². The molecule has 2 heterocycles. The van der Waals surface area contributed by atoms with Gasteiger partial charge < -0.3 is 14.4 Å². The molecule has 0 saturated carbocycles. The Morgan fingerprint density at radius 2 is 2.35 bits per heavy atom. The van der Waals surface area contributed by atoms with Crippen LogP contribution in [0, 0.1) is 0 Å². The van der Waals surface area contributed by atoms with Crippen molar-refractivity contribution in [2.75, 3.05) is 38.6 Å². The number of thioether (sulfide) groups is 1. The molecule has 0 spiro atoms. The minimum Gasteiger partial charge on any atom is -0.353 e. The molecule has 2 rings (SSSR count). The van der Waals surface area contributed by atoms with Gasteiger partial charge in [0.25, 0.3) is 0 Å². The van der Waals surface area contributed by atoms with Crippen LogP contribution in [0.15, 0.2) is 0 Å². The molecular weight excluding hydrogens is 234 g/mol. The summed E-state index contributed by atoms with van der Waals surface area (Å²) in [6.45, 7) is 7.72. The van der Waals surface area contributed by atoms with Crippen LogP contribution in [-0.2, 0) is 9.47 Å². The zero-order valence-electron chi connectivity index (χ0n) is 10.9. The van der Waals surface area contributed by atoms with Crippen LogP contribution in [0.1, 0.15) is 32.6 Å². The van der Waals surface area contributed by atoms with Crippen molar-refractivity contribution >= 4 is 11.8 Å². The summed E-state index contributed by atoms with van der Waals surface area (Å²) >= 11 is 2.09. The van der Waals surface area contributed by atoms with Crippen LogP contribution in [0.2, 0.25) is 0 Å². The summed E-state index contributed by atoms with van der Waals surface area (Å²) in [6, 6.07) is 0. The van der Waals surface area contributed by atoms with Gasteiger partial charge in [-0.25, -0.2) is 0 Å². The average molecular weight is 259 g/mol. The van der Waals surface area contributed by atoms with Gasteiger partial charge in [0.2, 0.25) is 0 Å². The number of hydrogen-bond acceptors (Lipinski definition) is 4. The molecule has 0 aromatic carbocycles. The minimum absolute atomic E-state index is 0.0829. The van der Waals surface area contributed by atoms with Crippen LogP contribution >= 0.6 is 11.8 Å². The van der Waals surface area contributed by atoms with Gasteiger partial charge in [0, 0.05) is 37.2 Å². The third-order valence-corrected chi connectivity index (χ3v) is 4.52. The summed E-state index contributed by atoms with van der Waals surface area (Å²) in [7, 11) is 0. The van der Waals surface area contributed by atoms with Gasteiger partial charge in [0.15, 0.2) is 6.29 Å². The van der Waals surface area contributed by atoms with E-state index >= 15 is 0 Å². The lowest BCUT2D eigenvalue weighted by atomic mass is 10.2. The molecule has 2 atom stereocenters. The molecule has 0 unspecified atom stereocenters. The number of hydrogen-bond donors (Lipinski definition) is 0. The number of rotatable bonds is 5. The second-order valence-electron chi connectivity index (χ2n) is 5.00. The van der Waals surface area contributed by atoms with Crippen molar-refractivity contribution in [1.82, 2.24) is 4.90 Å². The van der Waals surface area contributed by atoms with Gasteiger partial charge in [0.05, 0.1) is 6.61 Å². The standard InChI is InChI=1S/C13H25NO2S/c1-12-11-14(7-10-17-12)6-4-9-16-13-5-2-3-8-15-13/h12-13H,2-11H2,1H3/t12-,13-/m1/s1. The van der Waals surface area contributed by atoms with E-state index in [1.807, 2.05) is 0 Å². The third kappa shape index (κ3) is 5.16. The maximum Gasteiger partial charge on any atom is 0.157 e. The Kier molecular flexibility index (Phi) is 6.12. The van der Waals surface area contributed by atoms with Gasteiger partial charge >= 0.3 is 0 Å². The highest BCUT2D eigenvalue weighted by atomic mass is 32.2. The zero-order valence-corrected chi connectivity index (χ0v) is 11.7. The molecular formula is C13H25NO2S. The second kappa shape index (κ2) is 7.62. The van der Waals surface area contributed by atoms with Crippen molar-refractivity contribution in [3.8, 4) is 0 Å². The highest BCUT2D eigenvalue weighted by molar-refractivity contribution is 7.99. The van der Waals surface area contributed by atoms with E-state index in [0.29, 0.717) is 0 Å². The molecule has 0 aliphatic carbocycles. The van der Waals surface area contributed by atoms with Gasteiger partial charge in [-0.05, 0) is 25.7 Å². The molecule has 2 aliphatic rings. The molecule has 0 amide bonds. The molecule has 0 N–H and O–H groups in total. The minimum atomic E-state index is 0.0829. The fourth-order valence-corrected chi connectivity index (χ4v) is 3.52. The first-order chi connectivity index (χ1) is 8.34. The fraction of sp³-hybridized carbons (Fsp3) is 1.00. The Morgan fingerprint density at radius 3 is 3.12 bits per heavy atom. The van der Waals surface area contributed by atoms with Crippen molar-refractivity contribution in [2.24, 2.45) is 0 Å². The molecule has 0 aromatic heterocycles. The molecule has 2 fully saturated rings. The van der Waals surface area contributed by atoms with E-state index in [4.69, 9.17) is 9.47 Å². The maximum absolute atomic E-state index is 5.75. The molecule has 0 aromatic rings. The largest absolute Gasteiger partial charge is 0.353 e. The molecule has 3 nitrogen and oxygen atoms in total. The number of ether oxygens (including phenoxy) is 2. The monoisotopic (exact) mass is 259 g/mol. The maximum atomic E-state index is 5.75. The highest BCUT2D eigenvalue weighted by Gasteiger charge is 2.17. The SMILES string of the molecule is C[C@@H]1CN(CCCO[C@@H]2CCCCO2)CCS1. The third-order valence-electron chi connectivity index (χ3n) is 3.39. The van der Waals surface area contributed by atoms with E-state index in [1.165, 1.54) is 38.2 Å². The Balaban J connectivity index is 1.50. The summed E-state index contributed by atoms with van der Waals surface area (Å²) in [6.07, 6.45) is 4.75. The van der Waals surface area contributed by atoms with Crippen molar-refractivity contribution in [3.05, 3.63) is 0 Å². The van der Waals surface area contributed by atoms with Crippen LogP contribution in [0.25, 0.3) is 0 Å². The predicted octanol–water partition coefficient (Wildman–Crippen LogP) is 2.36. The Morgan fingerprint density at radius 1 is 1.41 bits per heavy atom. The highest BCUT2D eigenvalue weighted by Crippen LogP contribution is 2.18. The van der Waals surface area contributed by atoms with Crippen LogP contribution in [0.5, 0.6) is 0 Å². The van der Waals surface area contributed by atoms with E-state index in [0.717, 1.165) is 31.3 Å². The van der Waals surface area contributed by atoms with E-state index in [2.05, 4.69) is 23.6 Å². The topological polar surface area (TPSA) is 21.7 Å². The molecule has 17 heavy (non-hydrogen) atoms. The van der Waals surface area contributed by atoms with Crippen LogP contribution in [0.3, 0.4) is 0 Å². The van der Waals surface area contributed by atoms with Crippen molar-refractivity contribution < 1.29 is 9.47 Å². The van der Waals surface area contributed by atoms with Gasteiger partial charge in [-0.15, -0.1) is 0 Å². The Bertz CT molecular complexity index is 210. The summed E-state index contributed by atoms with van der Waals surface area (Å²) in [4.78, 5) is 2.56. The molecule has 4 heteroatoms. The van der Waals surface area contributed by atoms with Crippen molar-refractivity contribution in [1.29, 1.82) is 0 Å². The van der Waals surface area contributed by atoms with E-state index < -0.39 is 0 Å². The van der Waals surface area contributed by atoms with Crippen molar-refractivity contribution in [3.63, 3.8) is 0 Å². The smallest absolute Gasteiger partial charge is 0.157 e. The summed E-state index contributed by atoms with van der Waals surface area (Å²) in [5.41, 5.74) is 0. The zero-order chi connectivity index (χ0) is 11.9. The Hall–Kier alpha value is 0.230. The van der Waals surface area contributed by atoms with Crippen LogP contribution < -0.4 is 0 Å². The fourth-order valence-electron chi connectivity index (χ4n) is 2.44. The first-order valence-corrected chi connectivity index (χ1v) is 7.96. The van der Waals surface area contributed by atoms with Crippen LogP contribution in [0.4, 0.5) is 0 Å². The molecule has 0 bridgehead atoms. The number of nitrogens with zero attached hydrogens (tertiary/aromatic N) is 1. The predicted molar refractivity (Wildman–Crippen MR) is 72.5 cm³/mol. The molecule has 2 aliphatic heterocycles. The van der Waals surface area contributed by atoms with Gasteiger partial charge in [-0.2, -0.15) is 11.8 Å². The van der Waals surface area contributed by atoms with E-state index in [-0.39, 0.29) is 6.29 Å². The average Bonchev–Trinajstić information content (AvgIpc) is 2.36. The second-order valence-corrected chi connectivity index (χ2v) is 6.55. The molecule has 2 saturated heterocycles. The lowest BCUT2D eigenvalue weighted by molar-refractivity contribution is -0.163. The lowest BCUT2D eigenvalue weighted by Gasteiger charge is -2.30. The quantitative estimate of drug-likeness (QED) is 0.707. The molecule has 100 valence electrons. The first kappa shape index (κ1) is 13.7. The van der Waals surface area contributed by atoms with E-state index in [1.54, 1.807) is 0 Å². The summed E-state index contributed by atoms with van der Waals surface area (Å²) < 4.78 is 11.3. The lowest BCUT2D eigenvalue weighted by Crippen LogP contribution is -2.37. The summed E-state index contributed by atoms with van der Waals surface area (Å²) in [5.74, 6) is 1.29.